The van der Waals surface area contributed by atoms with Crippen molar-refractivity contribution in [2.45, 2.75) is 12.6 Å². The number of aromatic nitrogens is 1. The van der Waals surface area contributed by atoms with Gasteiger partial charge in [-0.3, -0.25) is 14.6 Å². The molecule has 0 bridgehead atoms. The largest absolute Gasteiger partial charge is 0.507 e. The molecule has 2 heterocycles. The highest BCUT2D eigenvalue weighted by molar-refractivity contribution is 6.46. The Morgan fingerprint density at radius 3 is 2.30 bits per heavy atom. The number of hydrogen-bond acceptors (Lipinski definition) is 4. The van der Waals surface area contributed by atoms with Crippen LogP contribution in [-0.4, -0.2) is 26.7 Å². The molecule has 0 radical (unpaired) electrons. The van der Waals surface area contributed by atoms with Gasteiger partial charge in [0.2, 0.25) is 0 Å². The highest BCUT2D eigenvalue weighted by Gasteiger charge is 2.46. The molecule has 1 atom stereocenters. The van der Waals surface area contributed by atoms with Crippen LogP contribution in [0.1, 0.15) is 22.7 Å². The van der Waals surface area contributed by atoms with Crippen LogP contribution in [0.25, 0.3) is 5.76 Å². The average Bonchev–Trinajstić information content (AvgIpc) is 3.00. The molecule has 0 spiro atoms. The van der Waals surface area contributed by atoms with Gasteiger partial charge in [0.15, 0.2) is 0 Å². The van der Waals surface area contributed by atoms with E-state index in [0.29, 0.717) is 5.56 Å². The van der Waals surface area contributed by atoms with Crippen LogP contribution >= 0.6 is 0 Å². The summed E-state index contributed by atoms with van der Waals surface area (Å²) in [5, 5.41) is 10.8. The highest BCUT2D eigenvalue weighted by atomic mass is 19.1. The van der Waals surface area contributed by atoms with Gasteiger partial charge in [-0.25, -0.2) is 8.78 Å². The van der Waals surface area contributed by atoms with Gasteiger partial charge in [0.25, 0.3) is 11.7 Å². The third-order valence-corrected chi connectivity index (χ3v) is 4.96. The van der Waals surface area contributed by atoms with Gasteiger partial charge in [0, 0.05) is 30.1 Å². The van der Waals surface area contributed by atoms with Gasteiger partial charge >= 0.3 is 0 Å². The number of nitrogens with zero attached hydrogens (tertiary/aromatic N) is 2. The van der Waals surface area contributed by atoms with Crippen molar-refractivity contribution >= 4 is 17.4 Å². The maximum Gasteiger partial charge on any atom is 0.295 e. The maximum atomic E-state index is 14.7. The van der Waals surface area contributed by atoms with Crippen molar-refractivity contribution in [2.24, 2.45) is 0 Å². The Kier molecular flexibility index (Phi) is 5.10. The number of likely N-dealkylation sites (tertiary alicyclic amines) is 1. The van der Waals surface area contributed by atoms with Crippen molar-refractivity contribution < 1.29 is 23.5 Å². The van der Waals surface area contributed by atoms with Crippen molar-refractivity contribution in [1.29, 1.82) is 0 Å². The lowest BCUT2D eigenvalue weighted by Gasteiger charge is -2.25. The van der Waals surface area contributed by atoms with Gasteiger partial charge in [-0.1, -0.05) is 18.2 Å². The normalized spacial score (nSPS) is 18.1. The zero-order valence-corrected chi connectivity index (χ0v) is 15.6. The Hall–Kier alpha value is -3.87. The quantitative estimate of drug-likeness (QED) is 0.404. The summed E-state index contributed by atoms with van der Waals surface area (Å²) >= 11 is 0. The average molecular weight is 406 g/mol. The van der Waals surface area contributed by atoms with Crippen molar-refractivity contribution in [3.8, 4) is 0 Å². The molecule has 5 nitrogen and oxygen atoms in total. The van der Waals surface area contributed by atoms with Crippen molar-refractivity contribution in [3.63, 3.8) is 0 Å². The van der Waals surface area contributed by atoms with E-state index >= 15 is 0 Å². The Morgan fingerprint density at radius 2 is 1.63 bits per heavy atom. The van der Waals surface area contributed by atoms with E-state index in [-0.39, 0.29) is 23.2 Å². The van der Waals surface area contributed by atoms with Gasteiger partial charge in [-0.15, -0.1) is 0 Å². The first-order valence-electron chi connectivity index (χ1n) is 9.15. The van der Waals surface area contributed by atoms with Gasteiger partial charge in [0.05, 0.1) is 11.6 Å². The molecule has 1 aliphatic rings. The van der Waals surface area contributed by atoms with Crippen molar-refractivity contribution in [1.82, 2.24) is 9.88 Å². The number of pyridine rings is 1. The number of amides is 1. The summed E-state index contributed by atoms with van der Waals surface area (Å²) in [6.45, 7) is 0.0201. The predicted octanol–water partition coefficient (Wildman–Crippen LogP) is 3.98. The molecule has 0 aliphatic carbocycles. The second-order valence-corrected chi connectivity index (χ2v) is 6.81. The number of rotatable bonds is 4. The van der Waals surface area contributed by atoms with E-state index < -0.39 is 35.1 Å². The minimum Gasteiger partial charge on any atom is -0.507 e. The summed E-state index contributed by atoms with van der Waals surface area (Å²) in [5.41, 5.74) is 0.676. The van der Waals surface area contributed by atoms with E-state index in [0.717, 1.165) is 12.1 Å². The third kappa shape index (κ3) is 3.45. The van der Waals surface area contributed by atoms with Gasteiger partial charge in [0.1, 0.15) is 17.4 Å². The van der Waals surface area contributed by atoms with Crippen molar-refractivity contribution in [2.75, 3.05) is 0 Å². The molecule has 2 aromatic carbocycles. The minimum absolute atomic E-state index is 0.0201. The number of carbonyl (C=O) groups excluding carboxylic acids is 2. The number of carbonyl (C=O) groups is 2. The van der Waals surface area contributed by atoms with E-state index in [1.807, 2.05) is 0 Å². The first kappa shape index (κ1) is 19.4. The molecule has 0 saturated carbocycles. The molecule has 1 N–H and O–H groups in total. The molecular weight excluding hydrogens is 390 g/mol. The van der Waals surface area contributed by atoms with Crippen LogP contribution in [0, 0.1) is 11.6 Å². The van der Waals surface area contributed by atoms with Crippen molar-refractivity contribution in [3.05, 3.63) is 107 Å². The number of ketones is 1. The first-order valence-corrected chi connectivity index (χ1v) is 9.15. The zero-order valence-electron chi connectivity index (χ0n) is 15.6. The first-order chi connectivity index (χ1) is 14.5. The van der Waals surface area contributed by atoms with E-state index in [2.05, 4.69) is 4.98 Å². The van der Waals surface area contributed by atoms with Gasteiger partial charge < -0.3 is 10.0 Å². The highest BCUT2D eigenvalue weighted by Crippen LogP contribution is 2.41. The van der Waals surface area contributed by atoms with Crippen LogP contribution in [0.5, 0.6) is 0 Å². The molecule has 1 aliphatic heterocycles. The third-order valence-electron chi connectivity index (χ3n) is 4.96. The number of aliphatic hydroxyl groups is 1. The fourth-order valence-corrected chi connectivity index (χ4v) is 3.51. The zero-order chi connectivity index (χ0) is 21.3. The predicted molar refractivity (Wildman–Crippen MR) is 105 cm³/mol. The Balaban J connectivity index is 1.88. The molecule has 1 amide bonds. The fraction of sp³-hybridized carbons (Fsp3) is 0.0870. The van der Waals surface area contributed by atoms with Crippen LogP contribution < -0.4 is 0 Å². The molecule has 1 unspecified atom stereocenters. The van der Waals surface area contributed by atoms with E-state index in [9.17, 15) is 23.5 Å². The van der Waals surface area contributed by atoms with Crippen LogP contribution in [0.3, 0.4) is 0 Å². The Bertz CT molecular complexity index is 1140. The van der Waals surface area contributed by atoms with Crippen LogP contribution in [0.15, 0.2) is 78.6 Å². The number of Topliss-reactive ketones (excluding diaryl/α,β-unsaturated/α-hetero) is 1. The summed E-state index contributed by atoms with van der Waals surface area (Å²) in [6, 6.07) is 12.8. The molecule has 30 heavy (non-hydrogen) atoms. The van der Waals surface area contributed by atoms with Gasteiger partial charge in [-0.05, 0) is 48.0 Å². The lowest BCUT2D eigenvalue weighted by atomic mass is 9.95. The maximum absolute atomic E-state index is 14.7. The smallest absolute Gasteiger partial charge is 0.295 e. The molecule has 1 aromatic heterocycles. The molecule has 150 valence electrons. The summed E-state index contributed by atoms with van der Waals surface area (Å²) in [6.07, 6.45) is 3.09. The molecule has 1 saturated heterocycles. The second kappa shape index (κ2) is 7.87. The Labute approximate surface area is 170 Å². The second-order valence-electron chi connectivity index (χ2n) is 6.81. The monoisotopic (exact) mass is 406 g/mol. The SMILES string of the molecule is O=C1C(=O)N(Cc2ccncc2)C(c2ccccc2F)/C1=C(/O)c1ccc(F)cc1. The van der Waals surface area contributed by atoms with E-state index in [1.165, 1.54) is 35.2 Å². The Morgan fingerprint density at radius 1 is 0.967 bits per heavy atom. The minimum atomic E-state index is -1.13. The number of benzene rings is 2. The lowest BCUT2D eigenvalue weighted by molar-refractivity contribution is -0.140. The number of aliphatic hydroxyl groups excluding tert-OH is 1. The summed E-state index contributed by atoms with van der Waals surface area (Å²) in [4.78, 5) is 30.8. The van der Waals surface area contributed by atoms with E-state index in [4.69, 9.17) is 0 Å². The standard InChI is InChI=1S/C23H16F2N2O3/c24-16-7-5-15(6-8-16)21(28)19-20(17-3-1-2-4-18(17)25)27(23(30)22(19)29)13-14-9-11-26-12-10-14/h1-12,20,28H,13H2/b21-19-. The number of halogens is 2. The number of hydrogen-bond donors (Lipinski definition) is 1. The van der Waals surface area contributed by atoms with Crippen LogP contribution in [-0.2, 0) is 16.1 Å². The molecule has 1 fully saturated rings. The van der Waals surface area contributed by atoms with E-state index in [1.54, 1.807) is 30.6 Å². The summed E-state index contributed by atoms with van der Waals surface area (Å²) < 4.78 is 28.0. The summed E-state index contributed by atoms with van der Waals surface area (Å²) in [7, 11) is 0. The topological polar surface area (TPSA) is 70.5 Å². The van der Waals surface area contributed by atoms with Gasteiger partial charge in [-0.2, -0.15) is 0 Å². The molecule has 4 rings (SSSR count). The molecule has 7 heteroatoms. The molecular formula is C23H16F2N2O3. The molecule has 3 aromatic rings. The van der Waals surface area contributed by atoms with Crippen LogP contribution in [0.4, 0.5) is 8.78 Å². The summed E-state index contributed by atoms with van der Waals surface area (Å²) in [5.74, 6) is -3.41. The fourth-order valence-electron chi connectivity index (χ4n) is 3.51. The van der Waals surface area contributed by atoms with Crippen LogP contribution in [0.2, 0.25) is 0 Å². The lowest BCUT2D eigenvalue weighted by Crippen LogP contribution is -2.29.